The number of alkyl halides is 3. The Kier molecular flexibility index (Phi) is 9.43. The van der Waals surface area contributed by atoms with Crippen molar-refractivity contribution in [2.45, 2.75) is 32.5 Å². The lowest BCUT2D eigenvalue weighted by molar-refractivity contribution is -0.138. The van der Waals surface area contributed by atoms with Crippen molar-refractivity contribution in [3.05, 3.63) is 65.9 Å². The molecule has 244 valence electrons. The molecule has 0 saturated carbocycles. The summed E-state index contributed by atoms with van der Waals surface area (Å²) in [5, 5.41) is 5.94. The Labute approximate surface area is 265 Å². The van der Waals surface area contributed by atoms with Gasteiger partial charge in [-0.15, -0.1) is 0 Å². The van der Waals surface area contributed by atoms with Crippen LogP contribution < -0.4 is 15.4 Å². The third-order valence-corrected chi connectivity index (χ3v) is 8.64. The van der Waals surface area contributed by atoms with Crippen molar-refractivity contribution in [1.29, 1.82) is 0 Å². The number of ether oxygens (including phenoxy) is 2. The predicted molar refractivity (Wildman–Crippen MR) is 169 cm³/mol. The molecule has 2 fully saturated rings. The molecule has 4 heterocycles. The van der Waals surface area contributed by atoms with Crippen LogP contribution in [0.4, 0.5) is 30.6 Å². The number of hydrogen-bond acceptors (Lipinski definition) is 8. The molecular formula is C33H38F3N7O3. The van der Waals surface area contributed by atoms with Crippen molar-refractivity contribution >= 4 is 34.4 Å². The highest BCUT2D eigenvalue weighted by atomic mass is 19.4. The Morgan fingerprint density at radius 1 is 1.00 bits per heavy atom. The van der Waals surface area contributed by atoms with Crippen LogP contribution in [-0.2, 0) is 29.3 Å². The lowest BCUT2D eigenvalue weighted by Crippen LogP contribution is -2.45. The van der Waals surface area contributed by atoms with E-state index >= 15 is 0 Å². The minimum Gasteiger partial charge on any atom is -0.457 e. The predicted octanol–water partition coefficient (Wildman–Crippen LogP) is 6.03. The number of benzene rings is 2. The molecule has 0 atom stereocenters. The van der Waals surface area contributed by atoms with Gasteiger partial charge in [0, 0.05) is 82.9 Å². The van der Waals surface area contributed by atoms with E-state index < -0.39 is 11.7 Å². The van der Waals surface area contributed by atoms with Crippen molar-refractivity contribution in [3.8, 4) is 11.5 Å². The van der Waals surface area contributed by atoms with Crippen LogP contribution in [0.25, 0.3) is 11.0 Å². The van der Waals surface area contributed by atoms with Crippen LogP contribution in [0, 0.1) is 5.92 Å². The van der Waals surface area contributed by atoms with Crippen molar-refractivity contribution in [2.24, 2.45) is 13.0 Å². The fourth-order valence-corrected chi connectivity index (χ4v) is 5.90. The average Bonchev–Trinajstić information content (AvgIpc) is 3.36. The lowest BCUT2D eigenvalue weighted by Gasteiger charge is -2.34. The van der Waals surface area contributed by atoms with Gasteiger partial charge in [0.2, 0.25) is 11.9 Å². The quantitative estimate of drug-likeness (QED) is 0.230. The number of carbonyl (C=O) groups is 1. The van der Waals surface area contributed by atoms with E-state index in [1.807, 2.05) is 0 Å². The molecule has 4 aromatic rings. The Morgan fingerprint density at radius 2 is 1.74 bits per heavy atom. The number of hydrogen-bond donors (Lipinski definition) is 2. The van der Waals surface area contributed by atoms with Gasteiger partial charge in [-0.3, -0.25) is 9.69 Å². The van der Waals surface area contributed by atoms with Gasteiger partial charge in [0.1, 0.15) is 17.3 Å². The SMILES string of the molecule is CCN1CCN(Cc2ccc(Nc3nc4ccc(Oc5ccnc(NC(=O)C6CCOCC6)c5)cc4n3C)cc2C(F)(F)F)CC1. The minimum atomic E-state index is -4.49. The van der Waals surface area contributed by atoms with Crippen molar-refractivity contribution in [3.63, 3.8) is 0 Å². The molecule has 2 N–H and O–H groups in total. The molecule has 2 aromatic carbocycles. The second-order valence-corrected chi connectivity index (χ2v) is 11.7. The summed E-state index contributed by atoms with van der Waals surface area (Å²) < 4.78 is 55.7. The number of pyridine rings is 1. The zero-order valence-corrected chi connectivity index (χ0v) is 25.9. The highest BCUT2D eigenvalue weighted by Gasteiger charge is 2.34. The second kappa shape index (κ2) is 13.7. The number of carbonyl (C=O) groups excluding carboxylic acids is 1. The first-order chi connectivity index (χ1) is 22.2. The largest absolute Gasteiger partial charge is 0.457 e. The second-order valence-electron chi connectivity index (χ2n) is 11.7. The number of aryl methyl sites for hydroxylation is 1. The molecule has 2 aliphatic rings. The Bertz CT molecular complexity index is 1680. The Morgan fingerprint density at radius 3 is 2.48 bits per heavy atom. The Balaban J connectivity index is 1.15. The van der Waals surface area contributed by atoms with E-state index in [1.165, 1.54) is 0 Å². The maximum Gasteiger partial charge on any atom is 0.416 e. The molecule has 46 heavy (non-hydrogen) atoms. The number of piperazine rings is 1. The molecule has 0 spiro atoms. The van der Waals surface area contributed by atoms with Gasteiger partial charge >= 0.3 is 6.18 Å². The summed E-state index contributed by atoms with van der Waals surface area (Å²) >= 11 is 0. The first kappa shape index (κ1) is 31.8. The number of likely N-dealkylation sites (N-methyl/N-ethyl adjacent to an activating group) is 1. The van der Waals surface area contributed by atoms with Crippen LogP contribution in [0.15, 0.2) is 54.7 Å². The number of nitrogens with zero attached hydrogens (tertiary/aromatic N) is 5. The molecule has 1 amide bonds. The summed E-state index contributed by atoms with van der Waals surface area (Å²) in [6.45, 7) is 7.63. The highest BCUT2D eigenvalue weighted by Crippen LogP contribution is 2.36. The fraction of sp³-hybridized carbons (Fsp3) is 0.424. The third kappa shape index (κ3) is 7.43. The van der Waals surface area contributed by atoms with Crippen LogP contribution in [0.2, 0.25) is 0 Å². The van der Waals surface area contributed by atoms with Gasteiger partial charge in [-0.1, -0.05) is 13.0 Å². The van der Waals surface area contributed by atoms with Gasteiger partial charge in [0.05, 0.1) is 16.6 Å². The van der Waals surface area contributed by atoms with E-state index in [-0.39, 0.29) is 23.9 Å². The van der Waals surface area contributed by atoms with E-state index in [4.69, 9.17) is 9.47 Å². The van der Waals surface area contributed by atoms with Gasteiger partial charge in [0.15, 0.2) is 0 Å². The Hall–Kier alpha value is -4.20. The van der Waals surface area contributed by atoms with Crippen LogP contribution in [0.5, 0.6) is 11.5 Å². The molecule has 2 saturated heterocycles. The number of imidazole rings is 1. The first-order valence-corrected chi connectivity index (χ1v) is 15.6. The molecule has 0 unspecified atom stereocenters. The number of rotatable bonds is 9. The van der Waals surface area contributed by atoms with Crippen LogP contribution in [0.1, 0.15) is 30.9 Å². The lowest BCUT2D eigenvalue weighted by atomic mass is 9.99. The summed E-state index contributed by atoms with van der Waals surface area (Å²) in [5.41, 5.74) is 1.29. The average molecular weight is 638 g/mol. The topological polar surface area (TPSA) is 96.8 Å². The van der Waals surface area contributed by atoms with E-state index in [9.17, 15) is 18.0 Å². The standard InChI is InChI=1S/C33H38F3N7O3/c1-3-42-12-14-43(15-13-42)21-23-4-5-24(18-27(23)33(34,35)36)38-32-39-28-7-6-25(19-29(28)41(32)2)46-26-8-11-37-30(20-26)40-31(44)22-9-16-45-17-10-22/h4-8,11,18-20,22H,3,9-10,12-17,21H2,1-2H3,(H,38,39)(H,37,40,44). The van der Waals surface area contributed by atoms with Crippen LogP contribution in [0.3, 0.4) is 0 Å². The number of halogens is 3. The normalized spacial score (nSPS) is 16.9. The van der Waals surface area contributed by atoms with E-state index in [2.05, 4.69) is 37.3 Å². The highest BCUT2D eigenvalue weighted by molar-refractivity contribution is 5.91. The molecule has 13 heteroatoms. The molecule has 0 radical (unpaired) electrons. The summed E-state index contributed by atoms with van der Waals surface area (Å²) in [7, 11) is 1.78. The molecule has 0 bridgehead atoms. The number of amides is 1. The minimum absolute atomic E-state index is 0.0910. The molecular weight excluding hydrogens is 599 g/mol. The number of fused-ring (bicyclic) bond motifs is 1. The smallest absolute Gasteiger partial charge is 0.416 e. The van der Waals surface area contributed by atoms with Gasteiger partial charge in [-0.25, -0.2) is 9.97 Å². The van der Waals surface area contributed by atoms with Gasteiger partial charge in [-0.05, 0) is 55.3 Å². The summed E-state index contributed by atoms with van der Waals surface area (Å²) in [6, 6.07) is 13.1. The third-order valence-electron chi connectivity index (χ3n) is 8.64. The number of nitrogens with one attached hydrogen (secondary N) is 2. The number of aromatic nitrogens is 3. The van der Waals surface area contributed by atoms with Gasteiger partial charge < -0.3 is 29.6 Å². The van der Waals surface area contributed by atoms with Crippen molar-refractivity contribution in [1.82, 2.24) is 24.3 Å². The molecule has 10 nitrogen and oxygen atoms in total. The van der Waals surface area contributed by atoms with E-state index in [1.54, 1.807) is 60.3 Å². The summed E-state index contributed by atoms with van der Waals surface area (Å²) in [6.07, 6.45) is -1.57. The van der Waals surface area contributed by atoms with Crippen molar-refractivity contribution in [2.75, 3.05) is 56.6 Å². The number of anilines is 3. The zero-order valence-electron chi connectivity index (χ0n) is 25.9. The van der Waals surface area contributed by atoms with Crippen LogP contribution >= 0.6 is 0 Å². The molecule has 2 aromatic heterocycles. The van der Waals surface area contributed by atoms with E-state index in [0.717, 1.165) is 44.3 Å². The molecule has 0 aliphatic carbocycles. The van der Waals surface area contributed by atoms with Crippen molar-refractivity contribution < 1.29 is 27.4 Å². The van der Waals surface area contributed by atoms with Gasteiger partial charge in [-0.2, -0.15) is 13.2 Å². The fourth-order valence-electron chi connectivity index (χ4n) is 5.90. The molecule has 6 rings (SSSR count). The first-order valence-electron chi connectivity index (χ1n) is 15.6. The van der Waals surface area contributed by atoms with Crippen LogP contribution in [-0.4, -0.2) is 76.2 Å². The molecule has 2 aliphatic heterocycles. The zero-order chi connectivity index (χ0) is 32.3. The maximum absolute atomic E-state index is 14.2. The monoisotopic (exact) mass is 637 g/mol. The summed E-state index contributed by atoms with van der Waals surface area (Å²) in [5.74, 6) is 1.60. The van der Waals surface area contributed by atoms with Gasteiger partial charge in [0.25, 0.3) is 0 Å². The summed E-state index contributed by atoms with van der Waals surface area (Å²) in [4.78, 5) is 25.8. The van der Waals surface area contributed by atoms with E-state index in [0.29, 0.717) is 60.5 Å². The maximum atomic E-state index is 14.2.